The fraction of sp³-hybridized carbons (Fsp3) is 0.455. The Morgan fingerprint density at radius 2 is 1.83 bits per heavy atom. The van der Waals surface area contributed by atoms with Crippen molar-refractivity contribution in [2.24, 2.45) is 0 Å². The molecule has 0 bridgehead atoms. The molecule has 0 aromatic rings. The summed E-state index contributed by atoms with van der Waals surface area (Å²) in [5.74, 6) is 0. The lowest BCUT2D eigenvalue weighted by Crippen LogP contribution is -2.06. The molecule has 0 saturated heterocycles. The van der Waals surface area contributed by atoms with E-state index in [0.29, 0.717) is 0 Å². The van der Waals surface area contributed by atoms with Crippen LogP contribution in [0.2, 0.25) is 0 Å². The maximum Gasteiger partial charge on any atom is 0.0139 e. The highest BCUT2D eigenvalue weighted by Gasteiger charge is 1.88. The van der Waals surface area contributed by atoms with Crippen LogP contribution in [0.15, 0.2) is 36.7 Å². The Kier molecular flexibility index (Phi) is 11.4. The Morgan fingerprint density at radius 3 is 2.17 bits per heavy atom. The van der Waals surface area contributed by atoms with Crippen LogP contribution in [0.4, 0.5) is 0 Å². The number of hydrogen-bond acceptors (Lipinski definition) is 1. The van der Waals surface area contributed by atoms with E-state index in [2.05, 4.69) is 6.58 Å². The summed E-state index contributed by atoms with van der Waals surface area (Å²) in [6.45, 7) is 11.7. The van der Waals surface area contributed by atoms with Crippen LogP contribution in [0.25, 0.3) is 0 Å². The van der Waals surface area contributed by atoms with Crippen molar-refractivity contribution in [1.82, 2.24) is 4.90 Å². The molecule has 0 heterocycles. The van der Waals surface area contributed by atoms with Crippen LogP contribution in [0.5, 0.6) is 0 Å². The summed E-state index contributed by atoms with van der Waals surface area (Å²) in [4.78, 5) is 2.04. The smallest absolute Gasteiger partial charge is 0.0139 e. The standard InChI is InChI=1S/C9H15N.C2H6/c1-5-7-9(3)10(4)8-6-2;1-2/h5-8H,1H2,2-4H3;1-2H3/b8-6+,9-7+;. The largest absolute Gasteiger partial charge is 0.355 e. The van der Waals surface area contributed by atoms with Crippen molar-refractivity contribution in [3.8, 4) is 0 Å². The summed E-state index contributed by atoms with van der Waals surface area (Å²) in [6, 6.07) is 0. The van der Waals surface area contributed by atoms with Crippen LogP contribution < -0.4 is 0 Å². The number of nitrogens with zero attached hydrogens (tertiary/aromatic N) is 1. The van der Waals surface area contributed by atoms with Crippen molar-refractivity contribution in [3.63, 3.8) is 0 Å². The first-order valence-corrected chi connectivity index (χ1v) is 4.37. The van der Waals surface area contributed by atoms with E-state index in [0.717, 1.165) is 0 Å². The average Bonchev–Trinajstić information content (AvgIpc) is 2.09. The Bertz CT molecular complexity index is 154. The molecule has 0 N–H and O–H groups in total. The Balaban J connectivity index is 0. The molecule has 0 unspecified atom stereocenters. The van der Waals surface area contributed by atoms with Gasteiger partial charge in [0.1, 0.15) is 0 Å². The molecule has 0 atom stereocenters. The summed E-state index contributed by atoms with van der Waals surface area (Å²) in [6.07, 6.45) is 7.77. The van der Waals surface area contributed by atoms with Crippen molar-refractivity contribution in [2.75, 3.05) is 7.05 Å². The van der Waals surface area contributed by atoms with Gasteiger partial charge in [0.15, 0.2) is 0 Å². The Morgan fingerprint density at radius 1 is 1.33 bits per heavy atom. The molecule has 0 aromatic heterocycles. The van der Waals surface area contributed by atoms with Gasteiger partial charge in [-0.05, 0) is 26.1 Å². The van der Waals surface area contributed by atoms with Gasteiger partial charge in [0.2, 0.25) is 0 Å². The zero-order chi connectivity index (χ0) is 9.98. The third-order valence-electron chi connectivity index (χ3n) is 1.29. The van der Waals surface area contributed by atoms with E-state index < -0.39 is 0 Å². The van der Waals surface area contributed by atoms with Gasteiger partial charge in [-0.2, -0.15) is 0 Å². The molecule has 0 aromatic carbocycles. The Labute approximate surface area is 77.1 Å². The first kappa shape index (κ1) is 13.6. The molecule has 1 heteroatoms. The molecular weight excluding hydrogens is 146 g/mol. The van der Waals surface area contributed by atoms with Gasteiger partial charge in [0, 0.05) is 12.7 Å². The maximum atomic E-state index is 3.62. The molecule has 12 heavy (non-hydrogen) atoms. The molecule has 0 aliphatic rings. The van der Waals surface area contributed by atoms with E-state index in [9.17, 15) is 0 Å². The third kappa shape index (κ3) is 7.13. The number of rotatable bonds is 3. The SMILES string of the molecule is C=C/C=C(\C)N(C)/C=C/C.CC. The fourth-order valence-corrected chi connectivity index (χ4v) is 0.629. The molecule has 0 radical (unpaired) electrons. The highest BCUT2D eigenvalue weighted by atomic mass is 15.1. The minimum atomic E-state index is 1.19. The van der Waals surface area contributed by atoms with Gasteiger partial charge < -0.3 is 4.90 Å². The first-order chi connectivity index (χ1) is 5.72. The van der Waals surface area contributed by atoms with Crippen LogP contribution in [-0.4, -0.2) is 11.9 Å². The fourth-order valence-electron chi connectivity index (χ4n) is 0.629. The van der Waals surface area contributed by atoms with Crippen LogP contribution in [0, 0.1) is 0 Å². The highest BCUT2D eigenvalue weighted by molar-refractivity contribution is 5.08. The lowest BCUT2D eigenvalue weighted by Gasteiger charge is -2.12. The molecule has 0 fully saturated rings. The van der Waals surface area contributed by atoms with E-state index in [1.165, 1.54) is 5.70 Å². The molecule has 0 aliphatic carbocycles. The average molecular weight is 167 g/mol. The minimum absolute atomic E-state index is 1.19. The quantitative estimate of drug-likeness (QED) is 0.581. The molecule has 70 valence electrons. The van der Waals surface area contributed by atoms with Crippen LogP contribution in [-0.2, 0) is 0 Å². The minimum Gasteiger partial charge on any atom is -0.355 e. The first-order valence-electron chi connectivity index (χ1n) is 4.37. The van der Waals surface area contributed by atoms with E-state index in [1.807, 2.05) is 58.0 Å². The van der Waals surface area contributed by atoms with Crippen molar-refractivity contribution in [1.29, 1.82) is 0 Å². The van der Waals surface area contributed by atoms with E-state index in [-0.39, 0.29) is 0 Å². The highest BCUT2D eigenvalue weighted by Crippen LogP contribution is 1.99. The van der Waals surface area contributed by atoms with Crippen molar-refractivity contribution in [3.05, 3.63) is 36.7 Å². The Hall–Kier alpha value is -0.980. The lowest BCUT2D eigenvalue weighted by atomic mass is 10.4. The van der Waals surface area contributed by atoms with Crippen LogP contribution in [0.1, 0.15) is 27.7 Å². The summed E-state index contributed by atoms with van der Waals surface area (Å²) >= 11 is 0. The zero-order valence-corrected chi connectivity index (χ0v) is 8.96. The van der Waals surface area contributed by atoms with Crippen molar-refractivity contribution in [2.45, 2.75) is 27.7 Å². The van der Waals surface area contributed by atoms with E-state index in [4.69, 9.17) is 0 Å². The van der Waals surface area contributed by atoms with Gasteiger partial charge in [0.05, 0.1) is 0 Å². The molecule has 0 amide bonds. The summed E-state index contributed by atoms with van der Waals surface area (Å²) in [7, 11) is 2.01. The van der Waals surface area contributed by atoms with Crippen LogP contribution >= 0.6 is 0 Å². The second-order valence-electron chi connectivity index (χ2n) is 2.14. The van der Waals surface area contributed by atoms with Gasteiger partial charge in [-0.1, -0.05) is 32.6 Å². The molecular formula is C11H21N. The van der Waals surface area contributed by atoms with Gasteiger partial charge in [0.25, 0.3) is 0 Å². The predicted molar refractivity (Wildman–Crippen MR) is 57.9 cm³/mol. The molecule has 0 saturated carbocycles. The second kappa shape index (κ2) is 10.0. The van der Waals surface area contributed by atoms with E-state index in [1.54, 1.807) is 6.08 Å². The number of allylic oxidation sites excluding steroid dienone is 4. The van der Waals surface area contributed by atoms with Gasteiger partial charge >= 0.3 is 0 Å². The molecule has 0 spiro atoms. The van der Waals surface area contributed by atoms with Crippen molar-refractivity contribution >= 4 is 0 Å². The predicted octanol–water partition coefficient (Wildman–Crippen LogP) is 3.57. The molecule has 0 rings (SSSR count). The van der Waals surface area contributed by atoms with Gasteiger partial charge in [-0.15, -0.1) is 0 Å². The van der Waals surface area contributed by atoms with E-state index >= 15 is 0 Å². The topological polar surface area (TPSA) is 3.24 Å². The second-order valence-corrected chi connectivity index (χ2v) is 2.14. The van der Waals surface area contributed by atoms with Crippen molar-refractivity contribution < 1.29 is 0 Å². The summed E-state index contributed by atoms with van der Waals surface area (Å²) in [5, 5.41) is 0. The lowest BCUT2D eigenvalue weighted by molar-refractivity contribution is 0.569. The number of hydrogen-bond donors (Lipinski definition) is 0. The molecule has 1 nitrogen and oxygen atoms in total. The van der Waals surface area contributed by atoms with Gasteiger partial charge in [-0.3, -0.25) is 0 Å². The molecule has 0 aliphatic heterocycles. The zero-order valence-electron chi connectivity index (χ0n) is 8.96. The van der Waals surface area contributed by atoms with Gasteiger partial charge in [-0.25, -0.2) is 0 Å². The maximum absolute atomic E-state index is 3.62. The monoisotopic (exact) mass is 167 g/mol. The summed E-state index contributed by atoms with van der Waals surface area (Å²) in [5.41, 5.74) is 1.19. The van der Waals surface area contributed by atoms with Crippen LogP contribution in [0.3, 0.4) is 0 Å². The third-order valence-corrected chi connectivity index (χ3v) is 1.29. The summed E-state index contributed by atoms with van der Waals surface area (Å²) < 4.78 is 0. The normalized spacial score (nSPS) is 10.6.